The molecule has 0 saturated heterocycles. The molecule has 3 unspecified atom stereocenters. The Morgan fingerprint density at radius 3 is 2.25 bits per heavy atom. The van der Waals surface area contributed by atoms with Gasteiger partial charge in [-0.25, -0.2) is 0 Å². The van der Waals surface area contributed by atoms with Crippen LogP contribution in [0.2, 0.25) is 0 Å². The van der Waals surface area contributed by atoms with Crippen molar-refractivity contribution < 1.29 is 0 Å². The predicted octanol–water partition coefficient (Wildman–Crippen LogP) is 5.42. The van der Waals surface area contributed by atoms with E-state index in [9.17, 15) is 0 Å². The summed E-state index contributed by atoms with van der Waals surface area (Å²) in [5.74, 6) is 4.17. The van der Waals surface area contributed by atoms with Crippen LogP contribution in [-0.2, 0) is 0 Å². The van der Waals surface area contributed by atoms with Crippen LogP contribution in [-0.4, -0.2) is 0 Å². The van der Waals surface area contributed by atoms with Crippen LogP contribution in [0, 0.1) is 23.7 Å². The van der Waals surface area contributed by atoms with Crippen molar-refractivity contribution in [2.75, 3.05) is 0 Å². The monoisotopic (exact) mass is 222 g/mol. The van der Waals surface area contributed by atoms with Gasteiger partial charge in [0.1, 0.15) is 0 Å². The predicted molar refractivity (Wildman–Crippen MR) is 71.5 cm³/mol. The molecule has 2 aliphatic carbocycles. The Morgan fingerprint density at radius 2 is 1.56 bits per heavy atom. The minimum absolute atomic E-state index is 1.00. The molecule has 2 aliphatic rings. The summed E-state index contributed by atoms with van der Waals surface area (Å²) in [5, 5.41) is 0. The highest BCUT2D eigenvalue weighted by Gasteiger charge is 2.26. The van der Waals surface area contributed by atoms with E-state index in [4.69, 9.17) is 0 Å². The van der Waals surface area contributed by atoms with Gasteiger partial charge in [-0.1, -0.05) is 58.8 Å². The first kappa shape index (κ1) is 12.5. The first-order chi connectivity index (χ1) is 7.75. The topological polar surface area (TPSA) is 0 Å². The molecule has 0 spiro atoms. The van der Waals surface area contributed by atoms with Gasteiger partial charge in [0.15, 0.2) is 0 Å². The van der Waals surface area contributed by atoms with Crippen LogP contribution in [0.5, 0.6) is 0 Å². The van der Waals surface area contributed by atoms with Crippen molar-refractivity contribution in [3.05, 3.63) is 0 Å². The van der Waals surface area contributed by atoms with Gasteiger partial charge in [-0.3, -0.25) is 0 Å². The Balaban J connectivity index is 1.68. The molecule has 0 amide bonds. The lowest BCUT2D eigenvalue weighted by atomic mass is 9.72. The smallest absolute Gasteiger partial charge is 0.0388 e. The van der Waals surface area contributed by atoms with Gasteiger partial charge in [0.05, 0.1) is 0 Å². The Morgan fingerprint density at radius 1 is 0.812 bits per heavy atom. The molecule has 2 rings (SSSR count). The van der Waals surface area contributed by atoms with Gasteiger partial charge < -0.3 is 0 Å². The second-order valence-corrected chi connectivity index (χ2v) is 6.74. The average molecular weight is 222 g/mol. The fraction of sp³-hybridized carbons (Fsp3) is 1.00. The molecular weight excluding hydrogens is 192 g/mol. The minimum Gasteiger partial charge on any atom is -0.0625 e. The normalized spacial score (nSPS) is 37.5. The van der Waals surface area contributed by atoms with E-state index in [-0.39, 0.29) is 0 Å². The molecule has 0 aromatic rings. The number of hydrogen-bond acceptors (Lipinski definition) is 0. The molecule has 0 heteroatoms. The van der Waals surface area contributed by atoms with Crippen molar-refractivity contribution >= 4 is 0 Å². The summed E-state index contributed by atoms with van der Waals surface area (Å²) in [6, 6.07) is 0. The third-order valence-corrected chi connectivity index (χ3v) is 5.28. The van der Waals surface area contributed by atoms with Crippen LogP contribution in [0.25, 0.3) is 0 Å². The van der Waals surface area contributed by atoms with Crippen molar-refractivity contribution in [2.45, 2.75) is 78.1 Å². The summed E-state index contributed by atoms with van der Waals surface area (Å²) >= 11 is 0. The lowest BCUT2D eigenvalue weighted by molar-refractivity contribution is 0.178. The summed E-state index contributed by atoms with van der Waals surface area (Å²) in [6.45, 7) is 4.94. The van der Waals surface area contributed by atoms with E-state index in [2.05, 4.69) is 13.8 Å². The van der Waals surface area contributed by atoms with E-state index in [1.165, 1.54) is 51.4 Å². The Kier molecular flexibility index (Phi) is 4.73. The Bertz CT molecular complexity index is 190. The second kappa shape index (κ2) is 6.07. The molecule has 0 bridgehead atoms. The Hall–Kier alpha value is 0. The highest BCUT2D eigenvalue weighted by atomic mass is 14.3. The van der Waals surface area contributed by atoms with Crippen LogP contribution in [0.4, 0.5) is 0 Å². The molecule has 0 aromatic heterocycles. The van der Waals surface area contributed by atoms with Gasteiger partial charge in [-0.2, -0.15) is 0 Å². The van der Waals surface area contributed by atoms with E-state index in [0.717, 1.165) is 23.7 Å². The van der Waals surface area contributed by atoms with Gasteiger partial charge in [0, 0.05) is 0 Å². The summed E-state index contributed by atoms with van der Waals surface area (Å²) in [7, 11) is 0. The lowest BCUT2D eigenvalue weighted by Gasteiger charge is -2.34. The zero-order valence-corrected chi connectivity index (χ0v) is 11.4. The van der Waals surface area contributed by atoms with Gasteiger partial charge in [0.2, 0.25) is 0 Å². The second-order valence-electron chi connectivity index (χ2n) is 6.74. The van der Waals surface area contributed by atoms with Crippen molar-refractivity contribution in [3.8, 4) is 0 Å². The molecule has 94 valence electrons. The molecule has 16 heavy (non-hydrogen) atoms. The van der Waals surface area contributed by atoms with Crippen molar-refractivity contribution in [1.82, 2.24) is 0 Å². The zero-order chi connectivity index (χ0) is 11.4. The third kappa shape index (κ3) is 3.50. The van der Waals surface area contributed by atoms with E-state index in [1.54, 1.807) is 12.8 Å². The van der Waals surface area contributed by atoms with Gasteiger partial charge >= 0.3 is 0 Å². The van der Waals surface area contributed by atoms with Crippen LogP contribution < -0.4 is 0 Å². The lowest BCUT2D eigenvalue weighted by Crippen LogP contribution is -2.22. The maximum atomic E-state index is 2.50. The highest BCUT2D eigenvalue weighted by molar-refractivity contribution is 4.77. The van der Waals surface area contributed by atoms with Crippen molar-refractivity contribution in [2.24, 2.45) is 23.7 Å². The van der Waals surface area contributed by atoms with Crippen LogP contribution in [0.15, 0.2) is 0 Å². The fourth-order valence-corrected chi connectivity index (χ4v) is 4.08. The third-order valence-electron chi connectivity index (χ3n) is 5.28. The molecule has 3 atom stereocenters. The molecule has 0 nitrogen and oxygen atoms in total. The van der Waals surface area contributed by atoms with E-state index >= 15 is 0 Å². The van der Waals surface area contributed by atoms with Gasteiger partial charge in [0.25, 0.3) is 0 Å². The SMILES string of the molecule is CC1CCC(CCC2CCCCC2)C(C)C1. The molecule has 0 heterocycles. The largest absolute Gasteiger partial charge is 0.0625 e. The van der Waals surface area contributed by atoms with Crippen LogP contribution in [0.1, 0.15) is 78.1 Å². The first-order valence-corrected chi connectivity index (χ1v) is 7.75. The van der Waals surface area contributed by atoms with Crippen molar-refractivity contribution in [3.63, 3.8) is 0 Å². The average Bonchev–Trinajstić information content (AvgIpc) is 2.29. The number of hydrogen-bond donors (Lipinski definition) is 0. The summed E-state index contributed by atoms with van der Waals surface area (Å²) < 4.78 is 0. The molecule has 0 radical (unpaired) electrons. The first-order valence-electron chi connectivity index (χ1n) is 7.75. The van der Waals surface area contributed by atoms with Gasteiger partial charge in [-0.15, -0.1) is 0 Å². The molecule has 2 fully saturated rings. The van der Waals surface area contributed by atoms with E-state index in [0.29, 0.717) is 0 Å². The Labute approximate surface area is 102 Å². The highest BCUT2D eigenvalue weighted by Crippen LogP contribution is 2.38. The van der Waals surface area contributed by atoms with E-state index < -0.39 is 0 Å². The molecule has 2 saturated carbocycles. The molecule has 0 aliphatic heterocycles. The van der Waals surface area contributed by atoms with E-state index in [1.807, 2.05) is 0 Å². The number of rotatable bonds is 3. The quantitative estimate of drug-likeness (QED) is 0.598. The standard InChI is InChI=1S/C16H30/c1-13-8-10-16(14(2)12-13)11-9-15-6-4-3-5-7-15/h13-16H,3-12H2,1-2H3. The maximum Gasteiger partial charge on any atom is -0.0388 e. The van der Waals surface area contributed by atoms with Crippen molar-refractivity contribution in [1.29, 1.82) is 0 Å². The van der Waals surface area contributed by atoms with Crippen LogP contribution in [0.3, 0.4) is 0 Å². The molecular formula is C16H30. The molecule has 0 N–H and O–H groups in total. The summed E-state index contributed by atoms with van der Waals surface area (Å²) in [4.78, 5) is 0. The summed E-state index contributed by atoms with van der Waals surface area (Å²) in [6.07, 6.45) is 15.2. The summed E-state index contributed by atoms with van der Waals surface area (Å²) in [5.41, 5.74) is 0. The zero-order valence-electron chi connectivity index (χ0n) is 11.4. The van der Waals surface area contributed by atoms with Crippen LogP contribution >= 0.6 is 0 Å². The molecule has 0 aromatic carbocycles. The fourth-order valence-electron chi connectivity index (χ4n) is 4.08. The van der Waals surface area contributed by atoms with Gasteiger partial charge in [-0.05, 0) is 42.9 Å². The maximum absolute atomic E-state index is 2.50. The minimum atomic E-state index is 1.00.